The zero-order valence-corrected chi connectivity index (χ0v) is 14.9. The molecule has 0 aliphatic rings. The lowest BCUT2D eigenvalue weighted by atomic mass is 10.2. The molecule has 0 atom stereocenters. The zero-order chi connectivity index (χ0) is 15.8. The van der Waals surface area contributed by atoms with Crippen LogP contribution < -0.4 is 0 Å². The van der Waals surface area contributed by atoms with Crippen molar-refractivity contribution in [1.82, 2.24) is 9.97 Å². The number of aryl methyl sites for hydroxylation is 3. The van der Waals surface area contributed by atoms with Crippen LogP contribution in [0.1, 0.15) is 37.0 Å². The second-order valence-corrected chi connectivity index (χ2v) is 8.19. The maximum absolute atomic E-state index is 12.1. The van der Waals surface area contributed by atoms with Crippen LogP contribution in [0.15, 0.2) is 5.03 Å². The molecule has 0 spiro atoms. The number of thiophene rings is 1. The Morgan fingerprint density at radius 3 is 2.57 bits per heavy atom. The summed E-state index contributed by atoms with van der Waals surface area (Å²) in [4.78, 5) is 23.4. The van der Waals surface area contributed by atoms with Crippen molar-refractivity contribution in [2.75, 3.05) is 6.61 Å². The summed E-state index contributed by atoms with van der Waals surface area (Å²) in [5, 5.41) is 1.92. The Bertz CT molecular complexity index is 693. The summed E-state index contributed by atoms with van der Waals surface area (Å²) in [5.74, 6) is 0.509. The van der Waals surface area contributed by atoms with Crippen molar-refractivity contribution >= 4 is 39.3 Å². The molecule has 0 amide bonds. The number of ether oxygens (including phenoxy) is 1. The lowest BCUT2D eigenvalue weighted by molar-refractivity contribution is -0.145. The molecule has 0 aliphatic heterocycles. The normalized spacial score (nSPS) is 11.9. The van der Waals surface area contributed by atoms with E-state index >= 15 is 0 Å². The van der Waals surface area contributed by atoms with Gasteiger partial charge in [0.05, 0.1) is 6.61 Å². The van der Waals surface area contributed by atoms with E-state index in [2.05, 4.69) is 23.8 Å². The van der Waals surface area contributed by atoms with Gasteiger partial charge in [-0.2, -0.15) is 0 Å². The van der Waals surface area contributed by atoms with Gasteiger partial charge in [0.2, 0.25) is 0 Å². The highest BCUT2D eigenvalue weighted by Crippen LogP contribution is 2.40. The summed E-state index contributed by atoms with van der Waals surface area (Å²) in [5.41, 5.74) is 1.19. The lowest BCUT2D eigenvalue weighted by Crippen LogP contribution is -2.30. The van der Waals surface area contributed by atoms with Gasteiger partial charge in [-0.25, -0.2) is 9.97 Å². The van der Waals surface area contributed by atoms with Crippen molar-refractivity contribution in [3.8, 4) is 0 Å². The van der Waals surface area contributed by atoms with E-state index in [0.717, 1.165) is 21.1 Å². The number of aromatic nitrogens is 2. The van der Waals surface area contributed by atoms with Crippen LogP contribution in [-0.2, 0) is 9.53 Å². The predicted molar refractivity (Wildman–Crippen MR) is 88.2 cm³/mol. The van der Waals surface area contributed by atoms with E-state index < -0.39 is 4.75 Å². The summed E-state index contributed by atoms with van der Waals surface area (Å²) in [7, 11) is 0. The Morgan fingerprint density at radius 2 is 1.95 bits per heavy atom. The summed E-state index contributed by atoms with van der Waals surface area (Å²) < 4.78 is 4.48. The minimum absolute atomic E-state index is 0.219. The fourth-order valence-electron chi connectivity index (χ4n) is 1.98. The Hall–Kier alpha value is -1.14. The third kappa shape index (κ3) is 3.21. The molecule has 0 radical (unpaired) electrons. The van der Waals surface area contributed by atoms with Crippen LogP contribution in [0.3, 0.4) is 0 Å². The zero-order valence-electron chi connectivity index (χ0n) is 13.2. The number of thioether (sulfide) groups is 1. The topological polar surface area (TPSA) is 52.1 Å². The Labute approximate surface area is 133 Å². The first-order chi connectivity index (χ1) is 9.76. The Morgan fingerprint density at radius 1 is 1.29 bits per heavy atom. The van der Waals surface area contributed by atoms with Crippen LogP contribution in [0.25, 0.3) is 10.2 Å². The quantitative estimate of drug-likeness (QED) is 0.482. The van der Waals surface area contributed by atoms with E-state index in [-0.39, 0.29) is 5.97 Å². The molecule has 6 heteroatoms. The van der Waals surface area contributed by atoms with E-state index in [1.165, 1.54) is 22.2 Å². The maximum Gasteiger partial charge on any atom is 0.322 e. The van der Waals surface area contributed by atoms with Gasteiger partial charge in [0.25, 0.3) is 0 Å². The van der Waals surface area contributed by atoms with Crippen molar-refractivity contribution in [3.63, 3.8) is 0 Å². The summed E-state index contributed by atoms with van der Waals surface area (Å²) >= 11 is 3.12. The fraction of sp³-hybridized carbons (Fsp3) is 0.533. The first kappa shape index (κ1) is 16.2. The Kier molecular flexibility index (Phi) is 4.58. The monoisotopic (exact) mass is 324 g/mol. The van der Waals surface area contributed by atoms with E-state index in [1.807, 2.05) is 27.7 Å². The van der Waals surface area contributed by atoms with Gasteiger partial charge in [0, 0.05) is 10.3 Å². The number of carbonyl (C=O) groups excluding carboxylic acids is 1. The molecule has 4 nitrogen and oxygen atoms in total. The minimum Gasteiger partial charge on any atom is -0.465 e. The molecule has 0 saturated carbocycles. The van der Waals surface area contributed by atoms with Gasteiger partial charge < -0.3 is 4.74 Å². The molecule has 2 heterocycles. The highest BCUT2D eigenvalue weighted by molar-refractivity contribution is 8.01. The number of carbonyl (C=O) groups is 1. The predicted octanol–water partition coefficient (Wildman–Crippen LogP) is 4.05. The third-order valence-electron chi connectivity index (χ3n) is 3.23. The minimum atomic E-state index is -0.675. The maximum atomic E-state index is 12.1. The number of fused-ring (bicyclic) bond motifs is 1. The molecular weight excluding hydrogens is 304 g/mol. The molecular formula is C15H20N2O2S2. The molecule has 0 saturated heterocycles. The van der Waals surface area contributed by atoms with E-state index in [4.69, 9.17) is 4.74 Å². The van der Waals surface area contributed by atoms with Gasteiger partial charge in [-0.1, -0.05) is 11.8 Å². The molecule has 2 aromatic rings. The summed E-state index contributed by atoms with van der Waals surface area (Å²) in [6.07, 6.45) is 0. The molecule has 0 fully saturated rings. The molecule has 0 aliphatic carbocycles. The molecule has 2 rings (SSSR count). The summed E-state index contributed by atoms with van der Waals surface area (Å²) in [6.45, 7) is 12.0. The summed E-state index contributed by atoms with van der Waals surface area (Å²) in [6, 6.07) is 0. The van der Waals surface area contributed by atoms with Gasteiger partial charge in [0.1, 0.15) is 20.4 Å². The second-order valence-electron chi connectivity index (χ2n) is 5.37. The van der Waals surface area contributed by atoms with Crippen molar-refractivity contribution in [3.05, 3.63) is 16.3 Å². The van der Waals surface area contributed by atoms with Crippen molar-refractivity contribution in [2.24, 2.45) is 0 Å². The van der Waals surface area contributed by atoms with Gasteiger partial charge >= 0.3 is 5.97 Å². The average molecular weight is 324 g/mol. The molecule has 114 valence electrons. The molecule has 0 N–H and O–H groups in total. The van der Waals surface area contributed by atoms with Crippen molar-refractivity contribution < 1.29 is 9.53 Å². The SMILES string of the molecule is CCOC(=O)C(C)(C)Sc1nc(C)nc2sc(C)c(C)c12. The number of hydrogen-bond donors (Lipinski definition) is 0. The van der Waals surface area contributed by atoms with Crippen molar-refractivity contribution in [1.29, 1.82) is 0 Å². The first-order valence-electron chi connectivity index (χ1n) is 6.86. The van der Waals surface area contributed by atoms with Crippen LogP contribution in [0.2, 0.25) is 0 Å². The number of hydrogen-bond acceptors (Lipinski definition) is 6. The smallest absolute Gasteiger partial charge is 0.322 e. The number of esters is 1. The molecule has 0 bridgehead atoms. The number of rotatable bonds is 4. The molecule has 0 unspecified atom stereocenters. The van der Waals surface area contributed by atoms with E-state index in [1.54, 1.807) is 11.3 Å². The third-order valence-corrected chi connectivity index (χ3v) is 5.49. The van der Waals surface area contributed by atoms with Crippen LogP contribution >= 0.6 is 23.1 Å². The first-order valence-corrected chi connectivity index (χ1v) is 8.50. The highest BCUT2D eigenvalue weighted by Gasteiger charge is 2.32. The molecule has 21 heavy (non-hydrogen) atoms. The molecule has 0 aromatic carbocycles. The van der Waals surface area contributed by atoms with Crippen LogP contribution in [0, 0.1) is 20.8 Å². The molecule has 2 aromatic heterocycles. The van der Waals surface area contributed by atoms with Gasteiger partial charge in [-0.3, -0.25) is 4.79 Å². The van der Waals surface area contributed by atoms with Crippen LogP contribution in [-0.4, -0.2) is 27.3 Å². The van der Waals surface area contributed by atoms with Crippen LogP contribution in [0.4, 0.5) is 0 Å². The second kappa shape index (κ2) is 5.93. The van der Waals surface area contributed by atoms with Gasteiger partial charge in [-0.15, -0.1) is 11.3 Å². The van der Waals surface area contributed by atoms with Gasteiger partial charge in [-0.05, 0) is 47.1 Å². The largest absolute Gasteiger partial charge is 0.465 e. The number of nitrogens with zero attached hydrogens (tertiary/aromatic N) is 2. The lowest BCUT2D eigenvalue weighted by Gasteiger charge is -2.21. The average Bonchev–Trinajstić information content (AvgIpc) is 2.64. The van der Waals surface area contributed by atoms with E-state index in [9.17, 15) is 4.79 Å². The van der Waals surface area contributed by atoms with E-state index in [0.29, 0.717) is 6.61 Å². The highest BCUT2D eigenvalue weighted by atomic mass is 32.2. The fourth-order valence-corrected chi connectivity index (χ4v) is 4.27. The van der Waals surface area contributed by atoms with Crippen LogP contribution in [0.5, 0.6) is 0 Å². The van der Waals surface area contributed by atoms with Gasteiger partial charge in [0.15, 0.2) is 0 Å². The standard InChI is InChI=1S/C15H20N2O2S2/c1-7-19-14(18)15(5,6)21-13-11-8(2)9(3)20-12(11)16-10(4)17-13/h7H2,1-6H3. The Balaban J connectivity index is 2.49. The van der Waals surface area contributed by atoms with Crippen molar-refractivity contribution in [2.45, 2.75) is 51.3 Å².